The highest BCUT2D eigenvalue weighted by molar-refractivity contribution is 5.89. The Hall–Kier alpha value is -2.59. The Bertz CT molecular complexity index is 911. The van der Waals surface area contributed by atoms with Crippen molar-refractivity contribution in [3.8, 4) is 16.9 Å². The van der Waals surface area contributed by atoms with E-state index in [4.69, 9.17) is 4.42 Å². The minimum atomic E-state index is -0.401. The van der Waals surface area contributed by atoms with Crippen LogP contribution in [0.15, 0.2) is 51.7 Å². The van der Waals surface area contributed by atoms with Gasteiger partial charge in [0, 0.05) is 10.9 Å². The van der Waals surface area contributed by atoms with Gasteiger partial charge in [0.1, 0.15) is 12.1 Å². The summed E-state index contributed by atoms with van der Waals surface area (Å²) in [7, 11) is 3.92. The summed E-state index contributed by atoms with van der Waals surface area (Å²) in [5.41, 5.74) is 2.80. The fraction of sp³-hybridized carbons (Fsp3) is 0.211. The first-order chi connectivity index (χ1) is 11.0. The van der Waals surface area contributed by atoms with Crippen molar-refractivity contribution in [2.24, 2.45) is 0 Å². The van der Waals surface area contributed by atoms with Crippen LogP contribution in [0.3, 0.4) is 0 Å². The quantitative estimate of drug-likeness (QED) is 0.746. The van der Waals surface area contributed by atoms with E-state index in [1.807, 2.05) is 51.4 Å². The molecule has 1 heterocycles. The molecular weight excluding hydrogens is 290 g/mol. The van der Waals surface area contributed by atoms with Crippen LogP contribution >= 0.6 is 0 Å². The second-order valence-electron chi connectivity index (χ2n) is 6.06. The summed E-state index contributed by atoms with van der Waals surface area (Å²) in [6.07, 6.45) is 0. The van der Waals surface area contributed by atoms with Crippen LogP contribution in [0.2, 0.25) is 0 Å². The SMILES string of the molecule is Cc1c(-c2ccccc2)c(=O)oc2c(C[NH+](C)C)c([O-])ccc12. The number of rotatable bonds is 3. The number of aryl methyl sites for hydroxylation is 1. The third kappa shape index (κ3) is 2.73. The van der Waals surface area contributed by atoms with Crippen LogP contribution in [0.1, 0.15) is 11.1 Å². The Morgan fingerprint density at radius 1 is 1.09 bits per heavy atom. The molecule has 0 spiro atoms. The fourth-order valence-corrected chi connectivity index (χ4v) is 2.91. The zero-order valence-corrected chi connectivity index (χ0v) is 13.5. The number of quaternary nitrogens is 1. The van der Waals surface area contributed by atoms with Gasteiger partial charge in [-0.05, 0) is 18.1 Å². The van der Waals surface area contributed by atoms with Crippen molar-refractivity contribution in [3.05, 3.63) is 64.0 Å². The second kappa shape index (κ2) is 5.89. The Morgan fingerprint density at radius 3 is 2.43 bits per heavy atom. The molecule has 3 rings (SSSR count). The van der Waals surface area contributed by atoms with Crippen molar-refractivity contribution in [1.29, 1.82) is 0 Å². The van der Waals surface area contributed by atoms with E-state index in [1.165, 1.54) is 0 Å². The normalized spacial score (nSPS) is 11.3. The number of nitrogens with one attached hydrogen (secondary N) is 1. The molecule has 0 radical (unpaired) electrons. The maximum atomic E-state index is 12.5. The molecule has 4 heteroatoms. The number of benzene rings is 2. The maximum absolute atomic E-state index is 12.5. The highest BCUT2D eigenvalue weighted by atomic mass is 16.4. The van der Waals surface area contributed by atoms with Crippen molar-refractivity contribution in [1.82, 2.24) is 0 Å². The third-order valence-electron chi connectivity index (χ3n) is 3.99. The van der Waals surface area contributed by atoms with Crippen molar-refractivity contribution in [2.75, 3.05) is 14.1 Å². The van der Waals surface area contributed by atoms with Gasteiger partial charge in [0.05, 0.1) is 19.7 Å². The van der Waals surface area contributed by atoms with Gasteiger partial charge < -0.3 is 14.4 Å². The molecule has 0 unspecified atom stereocenters. The monoisotopic (exact) mass is 309 g/mol. The first-order valence-corrected chi connectivity index (χ1v) is 7.59. The Labute approximate surface area is 134 Å². The first kappa shape index (κ1) is 15.3. The lowest BCUT2D eigenvalue weighted by atomic mass is 9.98. The summed E-state index contributed by atoms with van der Waals surface area (Å²) in [6.45, 7) is 2.42. The molecular formula is C19H19NO3. The Morgan fingerprint density at radius 2 is 1.78 bits per heavy atom. The van der Waals surface area contributed by atoms with Crippen molar-refractivity contribution in [2.45, 2.75) is 13.5 Å². The lowest BCUT2D eigenvalue weighted by molar-refractivity contribution is -0.872. The van der Waals surface area contributed by atoms with Gasteiger partial charge in [0.15, 0.2) is 0 Å². The van der Waals surface area contributed by atoms with E-state index < -0.39 is 5.63 Å². The molecule has 3 aromatic rings. The van der Waals surface area contributed by atoms with Gasteiger partial charge in [-0.3, -0.25) is 0 Å². The Kier molecular flexibility index (Phi) is 3.92. The maximum Gasteiger partial charge on any atom is 0.344 e. The van der Waals surface area contributed by atoms with Crippen molar-refractivity contribution < 1.29 is 14.4 Å². The summed E-state index contributed by atoms with van der Waals surface area (Å²) in [5, 5.41) is 13.0. The largest absolute Gasteiger partial charge is 0.872 e. The van der Waals surface area contributed by atoms with E-state index in [-0.39, 0.29) is 5.75 Å². The van der Waals surface area contributed by atoms with Crippen molar-refractivity contribution in [3.63, 3.8) is 0 Å². The molecule has 1 N–H and O–H groups in total. The molecule has 1 aromatic heterocycles. The zero-order valence-electron chi connectivity index (χ0n) is 13.5. The number of fused-ring (bicyclic) bond motifs is 1. The number of hydrogen-bond donors (Lipinski definition) is 1. The molecule has 0 saturated carbocycles. The zero-order chi connectivity index (χ0) is 16.6. The van der Waals surface area contributed by atoms with Crippen molar-refractivity contribution >= 4 is 11.0 Å². The first-order valence-electron chi connectivity index (χ1n) is 7.59. The van der Waals surface area contributed by atoms with Crippen LogP contribution in [-0.4, -0.2) is 14.1 Å². The Balaban J connectivity index is 2.33. The summed E-state index contributed by atoms with van der Waals surface area (Å²) >= 11 is 0. The molecule has 0 bridgehead atoms. The molecule has 0 amide bonds. The molecule has 0 aliphatic carbocycles. The summed E-state index contributed by atoms with van der Waals surface area (Å²) in [5.74, 6) is -0.0892. The minimum Gasteiger partial charge on any atom is -0.872 e. The minimum absolute atomic E-state index is 0.0892. The van der Waals surface area contributed by atoms with Crippen LogP contribution < -0.4 is 15.6 Å². The van der Waals surface area contributed by atoms with Gasteiger partial charge in [-0.1, -0.05) is 48.2 Å². The fourth-order valence-electron chi connectivity index (χ4n) is 2.91. The lowest BCUT2D eigenvalue weighted by Crippen LogP contribution is -3.04. The molecule has 2 aromatic carbocycles. The molecule has 0 saturated heterocycles. The molecule has 4 nitrogen and oxygen atoms in total. The van der Waals surface area contributed by atoms with E-state index in [0.717, 1.165) is 21.4 Å². The predicted octanol–water partition coefficient (Wildman–Crippen LogP) is 1.49. The highest BCUT2D eigenvalue weighted by Gasteiger charge is 2.16. The van der Waals surface area contributed by atoms with Gasteiger partial charge in [-0.2, -0.15) is 0 Å². The smallest absolute Gasteiger partial charge is 0.344 e. The van der Waals surface area contributed by atoms with E-state index in [1.54, 1.807) is 12.1 Å². The summed E-state index contributed by atoms with van der Waals surface area (Å²) < 4.78 is 5.57. The molecule has 118 valence electrons. The summed E-state index contributed by atoms with van der Waals surface area (Å²) in [6, 6.07) is 12.8. The van der Waals surface area contributed by atoms with Crippen LogP contribution in [-0.2, 0) is 6.54 Å². The third-order valence-corrected chi connectivity index (χ3v) is 3.99. The van der Waals surface area contributed by atoms with Crippen LogP contribution in [0.5, 0.6) is 5.75 Å². The molecule has 0 aliphatic heterocycles. The molecule has 23 heavy (non-hydrogen) atoms. The standard InChI is InChI=1S/C19H19NO3/c1-12-14-9-10-16(21)15(11-20(2)3)18(14)23-19(22)17(12)13-7-5-4-6-8-13/h4-10,21H,11H2,1-3H3. The van der Waals surface area contributed by atoms with E-state index >= 15 is 0 Å². The predicted molar refractivity (Wildman–Crippen MR) is 88.6 cm³/mol. The average Bonchev–Trinajstić information content (AvgIpc) is 2.51. The lowest BCUT2D eigenvalue weighted by Gasteiger charge is -2.18. The summed E-state index contributed by atoms with van der Waals surface area (Å²) in [4.78, 5) is 13.6. The van der Waals surface area contributed by atoms with Gasteiger partial charge >= 0.3 is 5.63 Å². The van der Waals surface area contributed by atoms with Crippen LogP contribution in [0.25, 0.3) is 22.1 Å². The second-order valence-corrected chi connectivity index (χ2v) is 6.06. The van der Waals surface area contributed by atoms with Crippen LogP contribution in [0, 0.1) is 6.92 Å². The molecule has 0 aliphatic rings. The van der Waals surface area contributed by atoms with Gasteiger partial charge in [0.25, 0.3) is 0 Å². The van der Waals surface area contributed by atoms with Gasteiger partial charge in [-0.25, -0.2) is 4.79 Å². The average molecular weight is 309 g/mol. The molecule has 0 fully saturated rings. The number of hydrogen-bond acceptors (Lipinski definition) is 3. The van der Waals surface area contributed by atoms with E-state index in [2.05, 4.69) is 0 Å². The van der Waals surface area contributed by atoms with Gasteiger partial charge in [-0.15, -0.1) is 0 Å². The van der Waals surface area contributed by atoms with E-state index in [0.29, 0.717) is 23.3 Å². The van der Waals surface area contributed by atoms with Gasteiger partial charge in [0.2, 0.25) is 0 Å². The highest BCUT2D eigenvalue weighted by Crippen LogP contribution is 2.30. The van der Waals surface area contributed by atoms with Crippen LogP contribution in [0.4, 0.5) is 0 Å². The van der Waals surface area contributed by atoms with E-state index in [9.17, 15) is 9.90 Å². The molecule has 0 atom stereocenters. The topological polar surface area (TPSA) is 57.7 Å².